The fourth-order valence-electron chi connectivity index (χ4n) is 3.24. The molecule has 2 nitrogen and oxygen atoms in total. The fraction of sp³-hybridized carbons (Fsp3) is 0.0870. The number of hydrogen-bond acceptors (Lipinski definition) is 1. The molecule has 128 valence electrons. The van der Waals surface area contributed by atoms with Crippen LogP contribution in [0.1, 0.15) is 11.1 Å². The van der Waals surface area contributed by atoms with Gasteiger partial charge in [0, 0.05) is 15.9 Å². The molecule has 26 heavy (non-hydrogen) atoms. The zero-order valence-corrected chi connectivity index (χ0v) is 15.4. The van der Waals surface area contributed by atoms with Crippen molar-refractivity contribution in [2.24, 2.45) is 0 Å². The second kappa shape index (κ2) is 6.47. The summed E-state index contributed by atoms with van der Waals surface area (Å²) in [5.74, 6) is 0. The lowest BCUT2D eigenvalue weighted by Crippen LogP contribution is -2.09. The van der Waals surface area contributed by atoms with Crippen molar-refractivity contribution < 1.29 is 0 Å². The molecule has 0 saturated heterocycles. The monoisotopic (exact) mass is 359 g/mol. The fourth-order valence-corrected chi connectivity index (χ4v) is 3.37. The summed E-state index contributed by atoms with van der Waals surface area (Å²) in [5, 5.41) is 1.36. The van der Waals surface area contributed by atoms with Gasteiger partial charge in [-0.3, -0.25) is 4.79 Å². The highest BCUT2D eigenvalue weighted by molar-refractivity contribution is 6.30. The number of aromatic amines is 1. The molecule has 0 atom stereocenters. The summed E-state index contributed by atoms with van der Waals surface area (Å²) in [5.41, 5.74) is 6.59. The summed E-state index contributed by atoms with van der Waals surface area (Å²) in [7, 11) is 0. The third-order valence-corrected chi connectivity index (χ3v) is 5.09. The zero-order chi connectivity index (χ0) is 18.3. The molecular weight excluding hydrogens is 342 g/mol. The van der Waals surface area contributed by atoms with Gasteiger partial charge in [-0.05, 0) is 60.4 Å². The van der Waals surface area contributed by atoms with Crippen LogP contribution in [0.4, 0.5) is 0 Å². The summed E-state index contributed by atoms with van der Waals surface area (Å²) in [4.78, 5) is 16.8. The zero-order valence-electron chi connectivity index (χ0n) is 14.6. The molecule has 0 unspecified atom stereocenters. The molecule has 0 aliphatic heterocycles. The number of hydrogen-bond donors (Lipinski definition) is 1. The van der Waals surface area contributed by atoms with Crippen molar-refractivity contribution in [1.29, 1.82) is 0 Å². The Bertz CT molecular complexity index is 1170. The van der Waals surface area contributed by atoms with E-state index in [0.29, 0.717) is 16.0 Å². The van der Waals surface area contributed by atoms with Crippen LogP contribution in [0.25, 0.3) is 33.3 Å². The average Bonchev–Trinajstić information content (AvgIpc) is 2.65. The highest BCUT2D eigenvalue weighted by Gasteiger charge is 2.16. The molecule has 0 saturated carbocycles. The van der Waals surface area contributed by atoms with E-state index < -0.39 is 0 Å². The third kappa shape index (κ3) is 2.83. The highest BCUT2D eigenvalue weighted by Crippen LogP contribution is 2.31. The predicted octanol–water partition coefficient (Wildman–Crippen LogP) is 6.13. The number of halogens is 1. The molecule has 1 heterocycles. The number of rotatable bonds is 2. The van der Waals surface area contributed by atoms with Crippen molar-refractivity contribution in [3.63, 3.8) is 0 Å². The van der Waals surface area contributed by atoms with Gasteiger partial charge in [-0.2, -0.15) is 0 Å². The Hall–Kier alpha value is -2.84. The number of aryl methyl sites for hydroxylation is 2. The first-order valence-electron chi connectivity index (χ1n) is 8.53. The maximum absolute atomic E-state index is 13.3. The van der Waals surface area contributed by atoms with Crippen LogP contribution in [0.15, 0.2) is 71.5 Å². The lowest BCUT2D eigenvalue weighted by atomic mass is 9.94. The van der Waals surface area contributed by atoms with Crippen LogP contribution in [0, 0.1) is 13.8 Å². The molecule has 1 aromatic heterocycles. The number of benzene rings is 3. The molecule has 0 radical (unpaired) electrons. The van der Waals surface area contributed by atoms with Gasteiger partial charge >= 0.3 is 0 Å². The van der Waals surface area contributed by atoms with Gasteiger partial charge in [-0.25, -0.2) is 0 Å². The van der Waals surface area contributed by atoms with E-state index in [1.807, 2.05) is 54.6 Å². The molecule has 0 aliphatic rings. The number of pyridine rings is 1. The number of para-hydroxylation sites is 1. The Morgan fingerprint density at radius 3 is 2.23 bits per heavy atom. The molecule has 0 bridgehead atoms. The minimum atomic E-state index is 0.0348. The van der Waals surface area contributed by atoms with Crippen molar-refractivity contribution in [1.82, 2.24) is 4.98 Å². The van der Waals surface area contributed by atoms with E-state index in [2.05, 4.69) is 31.0 Å². The predicted molar refractivity (Wildman–Crippen MR) is 110 cm³/mol. The summed E-state index contributed by atoms with van der Waals surface area (Å²) in [6.45, 7) is 4.14. The Morgan fingerprint density at radius 1 is 0.808 bits per heavy atom. The van der Waals surface area contributed by atoms with Crippen molar-refractivity contribution in [3.8, 4) is 22.4 Å². The minimum absolute atomic E-state index is 0.0348. The lowest BCUT2D eigenvalue weighted by Gasteiger charge is -2.13. The largest absolute Gasteiger partial charge is 0.354 e. The molecule has 3 aromatic carbocycles. The van der Waals surface area contributed by atoms with Gasteiger partial charge in [0.15, 0.2) is 5.43 Å². The second-order valence-electron chi connectivity index (χ2n) is 6.56. The molecule has 3 heteroatoms. The second-order valence-corrected chi connectivity index (χ2v) is 6.99. The van der Waals surface area contributed by atoms with Crippen LogP contribution in [0.3, 0.4) is 0 Å². The van der Waals surface area contributed by atoms with E-state index in [-0.39, 0.29) is 5.43 Å². The molecule has 0 amide bonds. The van der Waals surface area contributed by atoms with Crippen LogP contribution in [-0.2, 0) is 0 Å². The lowest BCUT2D eigenvalue weighted by molar-refractivity contribution is 1.33. The van der Waals surface area contributed by atoms with Crippen molar-refractivity contribution in [2.75, 3.05) is 0 Å². The normalized spacial score (nSPS) is 11.0. The van der Waals surface area contributed by atoms with Gasteiger partial charge < -0.3 is 4.98 Å². The Kier molecular flexibility index (Phi) is 4.14. The first-order chi connectivity index (χ1) is 12.5. The SMILES string of the molecule is Cc1ccc(-c2c(-c3ccc(Cl)cc3)[nH]c3ccccc3c2=O)cc1C. The van der Waals surface area contributed by atoms with Crippen LogP contribution in [0.5, 0.6) is 0 Å². The summed E-state index contributed by atoms with van der Waals surface area (Å²) < 4.78 is 0. The van der Waals surface area contributed by atoms with E-state index in [1.165, 1.54) is 5.56 Å². The first-order valence-corrected chi connectivity index (χ1v) is 8.91. The standard InChI is InChI=1S/C23H18ClNO/c1-14-7-8-17(13-15(14)2)21-22(16-9-11-18(24)12-10-16)25-20-6-4-3-5-19(20)23(21)26/h3-13H,1-2H3,(H,25,26). The maximum atomic E-state index is 13.3. The van der Waals surface area contributed by atoms with Gasteiger partial charge in [0.2, 0.25) is 0 Å². The Morgan fingerprint density at radius 2 is 1.50 bits per heavy atom. The van der Waals surface area contributed by atoms with Crippen LogP contribution >= 0.6 is 11.6 Å². The number of nitrogens with one attached hydrogen (secondary N) is 1. The van der Waals surface area contributed by atoms with Crippen LogP contribution in [-0.4, -0.2) is 4.98 Å². The van der Waals surface area contributed by atoms with Gasteiger partial charge in [0.1, 0.15) is 0 Å². The molecule has 0 spiro atoms. The smallest absolute Gasteiger partial charge is 0.197 e. The number of aromatic nitrogens is 1. The van der Waals surface area contributed by atoms with Crippen LogP contribution < -0.4 is 5.43 Å². The summed E-state index contributed by atoms with van der Waals surface area (Å²) in [6, 6.07) is 21.3. The van der Waals surface area contributed by atoms with Crippen molar-refractivity contribution in [3.05, 3.63) is 93.1 Å². The summed E-state index contributed by atoms with van der Waals surface area (Å²) >= 11 is 6.05. The van der Waals surface area contributed by atoms with Crippen LogP contribution in [0.2, 0.25) is 5.02 Å². The average molecular weight is 360 g/mol. The quantitative estimate of drug-likeness (QED) is 0.458. The topological polar surface area (TPSA) is 32.9 Å². The van der Waals surface area contributed by atoms with Gasteiger partial charge in [0.05, 0.1) is 11.3 Å². The summed E-state index contributed by atoms with van der Waals surface area (Å²) in [6.07, 6.45) is 0. The minimum Gasteiger partial charge on any atom is -0.354 e. The van der Waals surface area contributed by atoms with Crippen molar-refractivity contribution >= 4 is 22.5 Å². The highest BCUT2D eigenvalue weighted by atomic mass is 35.5. The van der Waals surface area contributed by atoms with Crippen molar-refractivity contribution in [2.45, 2.75) is 13.8 Å². The van der Waals surface area contributed by atoms with E-state index in [9.17, 15) is 4.79 Å². The molecule has 0 aliphatic carbocycles. The molecule has 0 fully saturated rings. The number of H-pyrrole nitrogens is 1. The van der Waals surface area contributed by atoms with E-state index in [0.717, 1.165) is 27.9 Å². The van der Waals surface area contributed by atoms with E-state index >= 15 is 0 Å². The Labute approximate surface area is 157 Å². The molecule has 1 N–H and O–H groups in total. The molecule has 4 aromatic rings. The Balaban J connectivity index is 2.10. The van der Waals surface area contributed by atoms with Gasteiger partial charge in [-0.15, -0.1) is 0 Å². The number of fused-ring (bicyclic) bond motifs is 1. The first kappa shape index (κ1) is 16.6. The van der Waals surface area contributed by atoms with Gasteiger partial charge in [-0.1, -0.05) is 54.1 Å². The van der Waals surface area contributed by atoms with E-state index in [1.54, 1.807) is 0 Å². The molecular formula is C23H18ClNO. The van der Waals surface area contributed by atoms with E-state index in [4.69, 9.17) is 11.6 Å². The van der Waals surface area contributed by atoms with Gasteiger partial charge in [0.25, 0.3) is 0 Å². The maximum Gasteiger partial charge on any atom is 0.197 e. The third-order valence-electron chi connectivity index (χ3n) is 4.84. The molecule has 4 rings (SSSR count).